The Morgan fingerprint density at radius 2 is 1.19 bits per heavy atom. The average molecular weight is 855 g/mol. The quantitative estimate of drug-likeness (QED) is 0.160. The van der Waals surface area contributed by atoms with Crippen LogP contribution in [-0.4, -0.2) is 80.0 Å². The molecule has 4 aliphatic rings. The van der Waals surface area contributed by atoms with Crippen molar-refractivity contribution in [2.24, 2.45) is 11.8 Å². The summed E-state index contributed by atoms with van der Waals surface area (Å²) in [5.74, 6) is -0.350. The third-order valence-corrected chi connectivity index (χ3v) is 15.6. The minimum atomic E-state index is -3.99. The Balaban J connectivity index is 1.21. The number of anilines is 2. The second-order valence-corrected chi connectivity index (χ2v) is 23.9. The molecule has 0 saturated carbocycles. The van der Waals surface area contributed by atoms with Crippen molar-refractivity contribution in [1.29, 1.82) is 0 Å². The number of hydrogen-bond donors (Lipinski definition) is 4. The number of hydrogen-bond acceptors (Lipinski definition) is 8. The Hall–Kier alpha value is -3.20. The lowest BCUT2D eigenvalue weighted by Gasteiger charge is -2.40. The lowest BCUT2D eigenvalue weighted by atomic mass is 9.83. The second-order valence-electron chi connectivity index (χ2n) is 20.4. The molecule has 4 aliphatic carbocycles. The standard InChI is InChI=1S/C45H70N6O6S2/c1-27(2)50(44(6,7)8)24-29(5)25-58(54,55)48-42(52)46-40-36-16-12-15-31(36)21-33-22-34(23-38(33)40)35-19-18-32-20-30-14-13-17-37(30)41(39(32)35)47-43(53)49-59(56,57)26-51(28(3)4)45(9,10)11/h20-21,27-29,34-35H,12-19,22-26H2,1-11H3,(H2,46,48,52)(H2,47,49,53). The zero-order chi connectivity index (χ0) is 43.4. The van der Waals surface area contributed by atoms with Crippen LogP contribution in [0.15, 0.2) is 12.1 Å². The largest absolute Gasteiger partial charge is 0.332 e. The molecule has 4 amide bonds. The van der Waals surface area contributed by atoms with E-state index < -0.39 is 37.6 Å². The Labute approximate surface area is 354 Å². The van der Waals surface area contributed by atoms with Gasteiger partial charge in [0.15, 0.2) is 0 Å². The van der Waals surface area contributed by atoms with E-state index in [0.29, 0.717) is 13.0 Å². The van der Waals surface area contributed by atoms with Gasteiger partial charge in [-0.25, -0.2) is 35.9 Å². The number of sulfonamides is 2. The molecule has 4 N–H and O–H groups in total. The van der Waals surface area contributed by atoms with Crippen molar-refractivity contribution in [3.8, 4) is 0 Å². The summed E-state index contributed by atoms with van der Waals surface area (Å²) in [5, 5.41) is 6.12. The molecule has 6 rings (SSSR count). The number of carbonyl (C=O) groups is 2. The number of amides is 4. The summed E-state index contributed by atoms with van der Waals surface area (Å²) in [6, 6.07) is 3.33. The molecule has 3 atom stereocenters. The van der Waals surface area contributed by atoms with Crippen molar-refractivity contribution >= 4 is 43.5 Å². The number of nitrogens with zero attached hydrogens (tertiary/aromatic N) is 2. The first kappa shape index (κ1) is 45.3. The maximum atomic E-state index is 13.7. The fourth-order valence-corrected chi connectivity index (χ4v) is 13.5. The van der Waals surface area contributed by atoms with Gasteiger partial charge in [-0.3, -0.25) is 9.80 Å². The van der Waals surface area contributed by atoms with Crippen molar-refractivity contribution in [1.82, 2.24) is 19.2 Å². The fraction of sp³-hybridized carbons (Fsp3) is 0.689. The van der Waals surface area contributed by atoms with Crippen LogP contribution >= 0.6 is 0 Å². The third kappa shape index (κ3) is 10.3. The number of benzene rings is 2. The molecule has 0 bridgehead atoms. The van der Waals surface area contributed by atoms with Crippen LogP contribution in [0.1, 0.15) is 146 Å². The normalized spacial score (nSPS) is 19.6. The minimum Gasteiger partial charge on any atom is -0.307 e. The van der Waals surface area contributed by atoms with Gasteiger partial charge in [-0.1, -0.05) is 19.1 Å². The van der Waals surface area contributed by atoms with E-state index in [-0.39, 0.29) is 47.0 Å². The number of aryl methyl sites for hydroxylation is 3. The highest BCUT2D eigenvalue weighted by molar-refractivity contribution is 7.90. The molecule has 0 spiro atoms. The van der Waals surface area contributed by atoms with Crippen molar-refractivity contribution in [3.63, 3.8) is 0 Å². The van der Waals surface area contributed by atoms with Crippen LogP contribution in [0.2, 0.25) is 0 Å². The van der Waals surface area contributed by atoms with Gasteiger partial charge in [0.2, 0.25) is 20.0 Å². The first-order valence-corrected chi connectivity index (χ1v) is 25.1. The summed E-state index contributed by atoms with van der Waals surface area (Å²) in [6.07, 6.45) is 8.71. The number of rotatable bonds is 13. The van der Waals surface area contributed by atoms with Crippen molar-refractivity contribution in [3.05, 3.63) is 56.6 Å². The molecule has 59 heavy (non-hydrogen) atoms. The third-order valence-electron chi connectivity index (χ3n) is 13.0. The van der Waals surface area contributed by atoms with Crippen LogP contribution in [0.3, 0.4) is 0 Å². The molecule has 14 heteroatoms. The molecule has 0 fully saturated rings. The van der Waals surface area contributed by atoms with Crippen molar-refractivity contribution in [2.75, 3.05) is 28.8 Å². The predicted molar refractivity (Wildman–Crippen MR) is 238 cm³/mol. The molecule has 0 saturated heterocycles. The van der Waals surface area contributed by atoms with E-state index in [2.05, 4.69) is 71.7 Å². The predicted octanol–water partition coefficient (Wildman–Crippen LogP) is 7.62. The molecule has 0 aromatic heterocycles. The average Bonchev–Trinajstić information content (AvgIpc) is 3.90. The van der Waals surface area contributed by atoms with Crippen LogP contribution in [0, 0.1) is 11.8 Å². The molecule has 0 radical (unpaired) electrons. The maximum absolute atomic E-state index is 13.7. The molecule has 12 nitrogen and oxygen atoms in total. The lowest BCUT2D eigenvalue weighted by Crippen LogP contribution is -2.51. The number of fused-ring (bicyclic) bond motifs is 4. The van der Waals surface area contributed by atoms with Gasteiger partial charge in [-0.05, 0) is 196 Å². The SMILES string of the molecule is CC(CN(C(C)C)C(C)(C)C)CS(=O)(=O)NC(=O)Nc1c2c(cc3c1CC(C1CCc4cc5c(c(NC(=O)NS(=O)(=O)CN(C(C)C)C(C)(C)C)c41)CCC5)C3)CCC2. The molecule has 3 unspecified atom stereocenters. The number of nitrogens with one attached hydrogen (secondary N) is 4. The molecule has 2 aromatic carbocycles. The van der Waals surface area contributed by atoms with E-state index in [1.807, 2.05) is 46.4 Å². The second kappa shape index (κ2) is 16.9. The zero-order valence-electron chi connectivity index (χ0n) is 37.4. The highest BCUT2D eigenvalue weighted by atomic mass is 32.2. The minimum absolute atomic E-state index is 0.0422. The summed E-state index contributed by atoms with van der Waals surface area (Å²) >= 11 is 0. The Morgan fingerprint density at radius 1 is 0.661 bits per heavy atom. The number of carbonyl (C=O) groups excluding carboxylic acids is 2. The lowest BCUT2D eigenvalue weighted by molar-refractivity contribution is 0.0849. The first-order chi connectivity index (χ1) is 27.3. The zero-order valence-corrected chi connectivity index (χ0v) is 39.0. The van der Waals surface area contributed by atoms with Gasteiger partial charge >= 0.3 is 12.1 Å². The summed E-state index contributed by atoms with van der Waals surface area (Å²) < 4.78 is 58.2. The van der Waals surface area contributed by atoms with Gasteiger partial charge in [-0.2, -0.15) is 0 Å². The highest BCUT2D eigenvalue weighted by Crippen LogP contribution is 2.51. The Kier molecular flexibility index (Phi) is 13.0. The van der Waals surface area contributed by atoms with Gasteiger partial charge in [-0.15, -0.1) is 0 Å². The van der Waals surface area contributed by atoms with Crippen molar-refractivity contribution < 1.29 is 26.4 Å². The monoisotopic (exact) mass is 854 g/mol. The molecule has 2 aromatic rings. The summed E-state index contributed by atoms with van der Waals surface area (Å²) in [6.45, 7) is 22.9. The summed E-state index contributed by atoms with van der Waals surface area (Å²) in [7, 11) is -7.91. The number of urea groups is 2. The van der Waals surface area contributed by atoms with Crippen molar-refractivity contribution in [2.45, 2.75) is 169 Å². The van der Waals surface area contributed by atoms with E-state index in [1.54, 1.807) is 0 Å². The fourth-order valence-electron chi connectivity index (χ4n) is 10.8. The Morgan fingerprint density at radius 3 is 1.75 bits per heavy atom. The Bertz CT molecular complexity index is 2170. The van der Waals surface area contributed by atoms with Gasteiger partial charge < -0.3 is 10.6 Å². The molecule has 0 aliphatic heterocycles. The van der Waals surface area contributed by atoms with Crippen LogP contribution < -0.4 is 20.1 Å². The van der Waals surface area contributed by atoms with Gasteiger partial charge in [0, 0.05) is 41.1 Å². The van der Waals surface area contributed by atoms with E-state index in [0.717, 1.165) is 91.4 Å². The van der Waals surface area contributed by atoms with Gasteiger partial charge in [0.1, 0.15) is 5.88 Å². The van der Waals surface area contributed by atoms with Gasteiger partial charge in [0.25, 0.3) is 0 Å². The molecular weight excluding hydrogens is 785 g/mol. The molecule has 328 valence electrons. The van der Waals surface area contributed by atoms with Crippen LogP contribution in [0.5, 0.6) is 0 Å². The first-order valence-electron chi connectivity index (χ1n) is 21.8. The van der Waals surface area contributed by atoms with Crippen LogP contribution in [-0.2, 0) is 65.0 Å². The highest BCUT2D eigenvalue weighted by Gasteiger charge is 2.40. The molecule has 0 heterocycles. The molecular formula is C45H70N6O6S2. The van der Waals surface area contributed by atoms with E-state index in [4.69, 9.17) is 0 Å². The van der Waals surface area contributed by atoms with Crippen LogP contribution in [0.4, 0.5) is 21.0 Å². The smallest absolute Gasteiger partial charge is 0.307 e. The van der Waals surface area contributed by atoms with E-state index in [1.165, 1.54) is 22.3 Å². The topological polar surface area (TPSA) is 157 Å². The summed E-state index contributed by atoms with van der Waals surface area (Å²) in [4.78, 5) is 31.4. The summed E-state index contributed by atoms with van der Waals surface area (Å²) in [5.41, 5.74) is 10.2. The van der Waals surface area contributed by atoms with Crippen LogP contribution in [0.25, 0.3) is 0 Å². The van der Waals surface area contributed by atoms with E-state index in [9.17, 15) is 26.4 Å². The maximum Gasteiger partial charge on any atom is 0.332 e. The van der Waals surface area contributed by atoms with Gasteiger partial charge in [0.05, 0.1) is 5.75 Å². The van der Waals surface area contributed by atoms with E-state index >= 15 is 0 Å².